The van der Waals surface area contributed by atoms with Gasteiger partial charge < -0.3 is 4.52 Å². The third-order valence-corrected chi connectivity index (χ3v) is 4.34. The highest BCUT2D eigenvalue weighted by Crippen LogP contribution is 2.34. The topological polar surface area (TPSA) is 60.8 Å². The summed E-state index contributed by atoms with van der Waals surface area (Å²) >= 11 is 2.17. The Kier molecular flexibility index (Phi) is 4.07. The van der Waals surface area contributed by atoms with E-state index >= 15 is 0 Å². The van der Waals surface area contributed by atoms with E-state index in [4.69, 9.17) is 4.52 Å². The standard InChI is InChI=1S/C11H6F3N4OPS2/c12-11(13,14)6-4-22-10(17-6)8-16-5(3-7(18-8)19-20)9-15-1-2-21-9/h1-4H,20H2. The van der Waals surface area contributed by atoms with Crippen molar-refractivity contribution in [2.75, 3.05) is 0 Å². The fourth-order valence-electron chi connectivity index (χ4n) is 1.55. The summed E-state index contributed by atoms with van der Waals surface area (Å²) in [5.41, 5.74) is -0.509. The number of alkyl halides is 3. The van der Waals surface area contributed by atoms with Crippen molar-refractivity contribution in [3.05, 3.63) is 28.7 Å². The van der Waals surface area contributed by atoms with E-state index in [1.807, 2.05) is 9.47 Å². The van der Waals surface area contributed by atoms with Crippen LogP contribution in [0.1, 0.15) is 5.69 Å². The summed E-state index contributed by atoms with van der Waals surface area (Å²) in [6.45, 7) is 0. The van der Waals surface area contributed by atoms with Crippen molar-refractivity contribution >= 4 is 32.1 Å². The summed E-state index contributed by atoms with van der Waals surface area (Å²) in [5.74, 6) is 0.259. The molecule has 0 saturated carbocycles. The molecule has 5 nitrogen and oxygen atoms in total. The molecule has 0 aromatic carbocycles. The van der Waals surface area contributed by atoms with Crippen LogP contribution in [-0.2, 0) is 6.18 Å². The molecule has 0 bridgehead atoms. The molecule has 3 rings (SSSR count). The average molecular weight is 362 g/mol. The predicted molar refractivity (Wildman–Crippen MR) is 79.6 cm³/mol. The monoisotopic (exact) mass is 362 g/mol. The van der Waals surface area contributed by atoms with Gasteiger partial charge >= 0.3 is 6.18 Å². The SMILES string of the molecule is FC(F)(F)c1csc(-c2nc(OP)cc(-c3nccs3)n2)n1. The van der Waals surface area contributed by atoms with Crippen molar-refractivity contribution in [1.82, 2.24) is 19.9 Å². The first-order valence-corrected chi connectivity index (χ1v) is 7.89. The van der Waals surface area contributed by atoms with E-state index in [0.29, 0.717) is 10.7 Å². The summed E-state index contributed by atoms with van der Waals surface area (Å²) in [4.78, 5) is 15.9. The van der Waals surface area contributed by atoms with Crippen molar-refractivity contribution in [1.29, 1.82) is 0 Å². The van der Waals surface area contributed by atoms with E-state index in [2.05, 4.69) is 19.9 Å². The number of rotatable bonds is 3. The van der Waals surface area contributed by atoms with Crippen molar-refractivity contribution in [3.8, 4) is 27.4 Å². The van der Waals surface area contributed by atoms with Crippen LogP contribution in [0.2, 0.25) is 0 Å². The number of thiazole rings is 2. The Balaban J connectivity index is 2.07. The molecule has 0 aliphatic carbocycles. The highest BCUT2D eigenvalue weighted by molar-refractivity contribution is 7.13. The number of hydrogen-bond donors (Lipinski definition) is 0. The molecule has 3 aromatic heterocycles. The molecule has 0 aliphatic rings. The molecular weight excluding hydrogens is 356 g/mol. The number of nitrogens with zero attached hydrogens (tertiary/aromatic N) is 4. The molecule has 22 heavy (non-hydrogen) atoms. The Morgan fingerprint density at radius 3 is 2.50 bits per heavy atom. The molecule has 11 heteroatoms. The van der Waals surface area contributed by atoms with E-state index < -0.39 is 11.9 Å². The summed E-state index contributed by atoms with van der Waals surface area (Å²) in [6.07, 6.45) is -2.89. The van der Waals surface area contributed by atoms with Crippen LogP contribution >= 0.6 is 32.1 Å². The van der Waals surface area contributed by atoms with Crippen molar-refractivity contribution in [3.63, 3.8) is 0 Å². The van der Waals surface area contributed by atoms with Gasteiger partial charge in [-0.3, -0.25) is 0 Å². The normalized spacial score (nSPS) is 11.6. The van der Waals surface area contributed by atoms with Gasteiger partial charge in [-0.15, -0.1) is 22.7 Å². The average Bonchev–Trinajstić information content (AvgIpc) is 3.17. The highest BCUT2D eigenvalue weighted by atomic mass is 32.1. The van der Waals surface area contributed by atoms with Gasteiger partial charge in [-0.05, 0) is 0 Å². The molecule has 1 atom stereocenters. The van der Waals surface area contributed by atoms with E-state index in [1.54, 1.807) is 17.6 Å². The lowest BCUT2D eigenvalue weighted by atomic mass is 10.4. The minimum absolute atomic E-state index is 0.0608. The fourth-order valence-corrected chi connectivity index (χ4v) is 3.02. The second-order valence-electron chi connectivity index (χ2n) is 3.91. The van der Waals surface area contributed by atoms with Gasteiger partial charge in [0.1, 0.15) is 10.7 Å². The van der Waals surface area contributed by atoms with Crippen LogP contribution in [0.5, 0.6) is 5.88 Å². The lowest BCUT2D eigenvalue weighted by Crippen LogP contribution is -2.05. The van der Waals surface area contributed by atoms with Gasteiger partial charge in [-0.25, -0.2) is 15.0 Å². The molecule has 0 fully saturated rings. The second kappa shape index (κ2) is 5.86. The number of aromatic nitrogens is 4. The molecule has 3 aromatic rings. The minimum Gasteiger partial charge on any atom is -0.463 e. The van der Waals surface area contributed by atoms with Crippen LogP contribution in [0.4, 0.5) is 13.2 Å². The smallest absolute Gasteiger partial charge is 0.434 e. The Morgan fingerprint density at radius 1 is 1.09 bits per heavy atom. The zero-order chi connectivity index (χ0) is 15.7. The number of hydrogen-bond acceptors (Lipinski definition) is 7. The van der Waals surface area contributed by atoms with Gasteiger partial charge in [-0.1, -0.05) is 0 Å². The van der Waals surface area contributed by atoms with Gasteiger partial charge in [0.2, 0.25) is 5.88 Å². The second-order valence-corrected chi connectivity index (χ2v) is 5.89. The quantitative estimate of drug-likeness (QED) is 0.661. The zero-order valence-electron chi connectivity index (χ0n) is 10.5. The van der Waals surface area contributed by atoms with Crippen molar-refractivity contribution < 1.29 is 17.7 Å². The maximum Gasteiger partial charge on any atom is 0.434 e. The summed E-state index contributed by atoms with van der Waals surface area (Å²) in [6, 6.07) is 1.55. The van der Waals surface area contributed by atoms with Gasteiger partial charge in [0, 0.05) is 23.0 Å². The first-order valence-electron chi connectivity index (χ1n) is 5.66. The van der Waals surface area contributed by atoms with E-state index in [9.17, 15) is 13.2 Å². The summed E-state index contributed by atoms with van der Waals surface area (Å²) < 4.78 is 42.9. The van der Waals surface area contributed by atoms with E-state index in [0.717, 1.165) is 16.7 Å². The molecule has 0 amide bonds. The van der Waals surface area contributed by atoms with Crippen LogP contribution in [0, 0.1) is 0 Å². The Labute approximate surface area is 132 Å². The van der Waals surface area contributed by atoms with Gasteiger partial charge in [0.15, 0.2) is 16.5 Å². The largest absolute Gasteiger partial charge is 0.463 e. The highest BCUT2D eigenvalue weighted by Gasteiger charge is 2.34. The fraction of sp³-hybridized carbons (Fsp3) is 0.0909. The number of halogens is 3. The van der Waals surface area contributed by atoms with E-state index in [1.165, 1.54) is 11.3 Å². The lowest BCUT2D eigenvalue weighted by molar-refractivity contribution is -0.140. The third-order valence-electron chi connectivity index (χ3n) is 2.46. The third kappa shape index (κ3) is 3.08. The summed E-state index contributed by atoms with van der Waals surface area (Å²) in [5, 5.41) is 3.37. The molecule has 0 radical (unpaired) electrons. The first kappa shape index (κ1) is 15.3. The Hall–Kier alpha value is -1.64. The predicted octanol–water partition coefficient (Wildman–Crippen LogP) is 3.91. The van der Waals surface area contributed by atoms with Crippen molar-refractivity contribution in [2.24, 2.45) is 0 Å². The molecule has 3 heterocycles. The van der Waals surface area contributed by atoms with Gasteiger partial charge in [0.05, 0.1) is 9.47 Å². The molecule has 0 N–H and O–H groups in total. The zero-order valence-corrected chi connectivity index (χ0v) is 13.3. The lowest BCUT2D eigenvalue weighted by Gasteiger charge is -2.04. The van der Waals surface area contributed by atoms with Crippen LogP contribution < -0.4 is 4.52 Å². The van der Waals surface area contributed by atoms with Crippen molar-refractivity contribution in [2.45, 2.75) is 6.18 Å². The molecule has 114 valence electrons. The Morgan fingerprint density at radius 2 is 1.91 bits per heavy atom. The van der Waals surface area contributed by atoms with Gasteiger partial charge in [-0.2, -0.15) is 18.2 Å². The summed E-state index contributed by atoms with van der Waals surface area (Å²) in [7, 11) is 2.03. The Bertz CT molecular complexity index is 791. The maximum atomic E-state index is 12.6. The molecule has 0 spiro atoms. The molecule has 0 saturated heterocycles. The molecule has 1 unspecified atom stereocenters. The molecule has 0 aliphatic heterocycles. The first-order chi connectivity index (χ1) is 10.5. The molecular formula is C11H6F3N4OPS2. The van der Waals surface area contributed by atoms with Crippen LogP contribution in [0.3, 0.4) is 0 Å². The van der Waals surface area contributed by atoms with Gasteiger partial charge in [0.25, 0.3) is 0 Å². The van der Waals surface area contributed by atoms with Crippen LogP contribution in [0.25, 0.3) is 21.5 Å². The van der Waals surface area contributed by atoms with E-state index in [-0.39, 0.29) is 16.7 Å². The van der Waals surface area contributed by atoms with Crippen LogP contribution in [-0.4, -0.2) is 19.9 Å². The maximum absolute atomic E-state index is 12.6. The van der Waals surface area contributed by atoms with Crippen LogP contribution in [0.15, 0.2) is 23.0 Å². The minimum atomic E-state index is -4.50.